The number of anilines is 3. The summed E-state index contributed by atoms with van der Waals surface area (Å²) in [6.45, 7) is 1.95. The zero-order chi connectivity index (χ0) is 18.7. The number of nitrogens with zero attached hydrogens (tertiary/aromatic N) is 3. The van der Waals surface area contributed by atoms with Crippen LogP contribution in [0.5, 0.6) is 0 Å². The number of nitrogens with one attached hydrogen (secondary N) is 2. The summed E-state index contributed by atoms with van der Waals surface area (Å²) in [7, 11) is -1.46. The highest BCUT2D eigenvalue weighted by molar-refractivity contribution is 7.90. The lowest BCUT2D eigenvalue weighted by Gasteiger charge is -2.32. The number of aromatic nitrogens is 2. The Morgan fingerprint density at radius 3 is 2.62 bits per heavy atom. The summed E-state index contributed by atoms with van der Waals surface area (Å²) < 4.78 is 37.2. The second-order valence-electron chi connectivity index (χ2n) is 6.39. The van der Waals surface area contributed by atoms with Gasteiger partial charge in [0.25, 0.3) is 0 Å². The Labute approximate surface area is 152 Å². The number of sulfone groups is 1. The molecule has 0 bridgehead atoms. The van der Waals surface area contributed by atoms with Crippen LogP contribution in [0.2, 0.25) is 0 Å². The third-order valence-electron chi connectivity index (χ3n) is 4.50. The molecule has 2 heterocycles. The first kappa shape index (κ1) is 18.5. The van der Waals surface area contributed by atoms with E-state index in [0.717, 1.165) is 44.1 Å². The van der Waals surface area contributed by atoms with Gasteiger partial charge < -0.3 is 15.5 Å². The largest absolute Gasteiger partial charge is 0.356 e. The minimum atomic E-state index is -3.45. The van der Waals surface area contributed by atoms with Crippen LogP contribution in [0.25, 0.3) is 0 Å². The number of benzene rings is 1. The maximum Gasteiger partial charge on any atom is 0.175 e. The Morgan fingerprint density at radius 2 is 1.96 bits per heavy atom. The minimum Gasteiger partial charge on any atom is -0.356 e. The first-order valence-electron chi connectivity index (χ1n) is 8.37. The molecule has 1 saturated heterocycles. The predicted octanol–water partition coefficient (Wildman–Crippen LogP) is 1.95. The maximum absolute atomic E-state index is 14.2. The molecule has 0 radical (unpaired) electrons. The van der Waals surface area contributed by atoms with Crippen molar-refractivity contribution in [3.05, 3.63) is 36.4 Å². The lowest BCUT2D eigenvalue weighted by Crippen LogP contribution is -2.41. The number of hydrogen-bond donors (Lipinski definition) is 2. The molecule has 0 atom stereocenters. The maximum atomic E-state index is 14.2. The fraction of sp³-hybridized carbons (Fsp3) is 0.412. The van der Waals surface area contributed by atoms with Crippen LogP contribution in [0, 0.1) is 5.82 Å². The first-order valence-corrected chi connectivity index (χ1v) is 10.3. The highest BCUT2D eigenvalue weighted by Crippen LogP contribution is 2.24. The fourth-order valence-electron chi connectivity index (χ4n) is 2.96. The number of halogens is 1. The van der Waals surface area contributed by atoms with Gasteiger partial charge in [0.15, 0.2) is 9.84 Å². The highest BCUT2D eigenvalue weighted by atomic mass is 32.2. The predicted molar refractivity (Wildman–Crippen MR) is 99.1 cm³/mol. The summed E-state index contributed by atoms with van der Waals surface area (Å²) in [4.78, 5) is 10.5. The Hall–Kier alpha value is -2.26. The van der Waals surface area contributed by atoms with Crippen molar-refractivity contribution in [2.45, 2.75) is 23.8 Å². The molecule has 1 aromatic carbocycles. The van der Waals surface area contributed by atoms with Gasteiger partial charge in [0, 0.05) is 25.4 Å². The standard InChI is InChI=1S/C17H22FN5O2S/c1-23(12-5-7-19-8-6-12)17-10-16(20-11-21-17)22-15-4-3-13(9-14(15)18)26(2,24)25/h3-4,9-12,19H,5-8H2,1-2H3,(H,20,21,22). The van der Waals surface area contributed by atoms with Crippen molar-refractivity contribution < 1.29 is 12.8 Å². The molecular formula is C17H22FN5O2S. The zero-order valence-corrected chi connectivity index (χ0v) is 15.6. The van der Waals surface area contributed by atoms with Crippen LogP contribution >= 0.6 is 0 Å². The van der Waals surface area contributed by atoms with E-state index >= 15 is 0 Å². The molecule has 0 spiro atoms. The summed E-state index contributed by atoms with van der Waals surface area (Å²) in [5, 5.41) is 6.22. The lowest BCUT2D eigenvalue weighted by atomic mass is 10.1. The van der Waals surface area contributed by atoms with Gasteiger partial charge in [-0.25, -0.2) is 22.8 Å². The molecule has 0 amide bonds. The number of hydrogen-bond acceptors (Lipinski definition) is 7. The fourth-order valence-corrected chi connectivity index (χ4v) is 3.59. The summed E-state index contributed by atoms with van der Waals surface area (Å²) in [5.74, 6) is 0.546. The van der Waals surface area contributed by atoms with Crippen LogP contribution in [0.3, 0.4) is 0 Å². The molecule has 0 unspecified atom stereocenters. The zero-order valence-electron chi connectivity index (χ0n) is 14.7. The van der Waals surface area contributed by atoms with Gasteiger partial charge in [0.05, 0.1) is 10.6 Å². The van der Waals surface area contributed by atoms with Crippen LogP contribution in [0.4, 0.5) is 21.7 Å². The molecule has 26 heavy (non-hydrogen) atoms. The number of piperidine rings is 1. The van der Waals surface area contributed by atoms with Crippen molar-refractivity contribution in [1.82, 2.24) is 15.3 Å². The molecule has 1 aliphatic heterocycles. The van der Waals surface area contributed by atoms with Crippen LogP contribution in [0.15, 0.2) is 35.5 Å². The van der Waals surface area contributed by atoms with Crippen LogP contribution in [-0.2, 0) is 9.84 Å². The van der Waals surface area contributed by atoms with Gasteiger partial charge in [-0.15, -0.1) is 0 Å². The Kier molecular flexibility index (Phi) is 5.38. The SMILES string of the molecule is CN(c1cc(Nc2ccc(S(C)(=O)=O)cc2F)ncn1)C1CCNCC1. The average molecular weight is 379 g/mol. The number of rotatable bonds is 5. The molecule has 9 heteroatoms. The van der Waals surface area contributed by atoms with Gasteiger partial charge in [-0.3, -0.25) is 0 Å². The van der Waals surface area contributed by atoms with Gasteiger partial charge in [-0.2, -0.15) is 0 Å². The van der Waals surface area contributed by atoms with Gasteiger partial charge >= 0.3 is 0 Å². The molecule has 1 aromatic heterocycles. The normalized spacial score (nSPS) is 15.7. The highest BCUT2D eigenvalue weighted by Gasteiger charge is 2.19. The van der Waals surface area contributed by atoms with Gasteiger partial charge in [-0.05, 0) is 44.1 Å². The molecule has 3 rings (SSSR count). The Bertz CT molecular complexity index is 884. The average Bonchev–Trinajstić information content (AvgIpc) is 2.63. The monoisotopic (exact) mass is 379 g/mol. The molecule has 0 saturated carbocycles. The van der Waals surface area contributed by atoms with E-state index in [9.17, 15) is 12.8 Å². The smallest absolute Gasteiger partial charge is 0.175 e. The quantitative estimate of drug-likeness (QED) is 0.821. The Balaban J connectivity index is 1.78. The molecule has 2 aromatic rings. The van der Waals surface area contributed by atoms with Crippen molar-refractivity contribution in [2.75, 3.05) is 36.6 Å². The molecule has 140 valence electrons. The van der Waals surface area contributed by atoms with E-state index in [0.29, 0.717) is 11.9 Å². The minimum absolute atomic E-state index is 0.0606. The van der Waals surface area contributed by atoms with Crippen molar-refractivity contribution in [3.8, 4) is 0 Å². The summed E-state index contributed by atoms with van der Waals surface area (Å²) in [6.07, 6.45) is 4.54. The second kappa shape index (κ2) is 7.55. The van der Waals surface area contributed by atoms with Crippen molar-refractivity contribution in [1.29, 1.82) is 0 Å². The van der Waals surface area contributed by atoms with E-state index in [-0.39, 0.29) is 10.6 Å². The van der Waals surface area contributed by atoms with Crippen molar-refractivity contribution >= 4 is 27.2 Å². The van der Waals surface area contributed by atoms with E-state index in [1.807, 2.05) is 7.05 Å². The summed E-state index contributed by atoms with van der Waals surface area (Å²) in [5.41, 5.74) is 0.159. The van der Waals surface area contributed by atoms with E-state index in [1.165, 1.54) is 18.5 Å². The van der Waals surface area contributed by atoms with Crippen LogP contribution in [-0.4, -0.2) is 50.8 Å². The molecule has 1 fully saturated rings. The summed E-state index contributed by atoms with van der Waals surface area (Å²) in [6, 6.07) is 5.91. The Morgan fingerprint density at radius 1 is 1.23 bits per heavy atom. The molecule has 1 aliphatic rings. The first-order chi connectivity index (χ1) is 12.3. The molecule has 0 aliphatic carbocycles. The topological polar surface area (TPSA) is 87.2 Å². The van der Waals surface area contributed by atoms with E-state index < -0.39 is 15.7 Å². The van der Waals surface area contributed by atoms with Crippen LogP contribution < -0.4 is 15.5 Å². The van der Waals surface area contributed by atoms with Gasteiger partial charge in [0.1, 0.15) is 23.8 Å². The molecular weight excluding hydrogens is 357 g/mol. The van der Waals surface area contributed by atoms with E-state index in [4.69, 9.17) is 0 Å². The molecule has 7 nitrogen and oxygen atoms in total. The molecule has 2 N–H and O–H groups in total. The third-order valence-corrected chi connectivity index (χ3v) is 5.61. The van der Waals surface area contributed by atoms with E-state index in [1.54, 1.807) is 6.07 Å². The third kappa shape index (κ3) is 4.28. The van der Waals surface area contributed by atoms with Gasteiger partial charge in [-0.1, -0.05) is 0 Å². The van der Waals surface area contributed by atoms with E-state index in [2.05, 4.69) is 25.5 Å². The second-order valence-corrected chi connectivity index (χ2v) is 8.41. The summed E-state index contributed by atoms with van der Waals surface area (Å²) >= 11 is 0. The van der Waals surface area contributed by atoms with Crippen molar-refractivity contribution in [3.63, 3.8) is 0 Å². The van der Waals surface area contributed by atoms with Crippen LogP contribution in [0.1, 0.15) is 12.8 Å². The lowest BCUT2D eigenvalue weighted by molar-refractivity contribution is 0.441. The van der Waals surface area contributed by atoms with Crippen molar-refractivity contribution in [2.24, 2.45) is 0 Å². The van der Waals surface area contributed by atoms with Gasteiger partial charge in [0.2, 0.25) is 0 Å².